The van der Waals surface area contributed by atoms with E-state index in [2.05, 4.69) is 4.98 Å². The summed E-state index contributed by atoms with van der Waals surface area (Å²) in [6.45, 7) is 0. The highest BCUT2D eigenvalue weighted by Crippen LogP contribution is 2.36. The molecule has 2 aromatic carbocycles. The minimum Gasteiger partial charge on any atom is -0.497 e. The standard InChI is InChI=1S/C22H21F3N2O2/c1-28-16-7-3-14(4-8-16)11-18-19(12-15-5-9-17(29-2)10-6-15)21(26)27-13-20(18)22(23,24)25/h3-10,13H,11-12H2,1-2H3,(H2,26,27). The monoisotopic (exact) mass is 402 g/mol. The molecule has 2 N–H and O–H groups in total. The number of anilines is 1. The van der Waals surface area contributed by atoms with E-state index >= 15 is 0 Å². The zero-order chi connectivity index (χ0) is 21.0. The van der Waals surface area contributed by atoms with Gasteiger partial charge in [0.05, 0.1) is 19.8 Å². The molecular formula is C22H21F3N2O2. The van der Waals surface area contributed by atoms with Crippen LogP contribution in [0.5, 0.6) is 11.5 Å². The molecule has 0 radical (unpaired) electrons. The average Bonchev–Trinajstić information content (AvgIpc) is 2.70. The average molecular weight is 402 g/mol. The van der Waals surface area contributed by atoms with E-state index in [1.807, 2.05) is 0 Å². The summed E-state index contributed by atoms with van der Waals surface area (Å²) in [5.74, 6) is 1.40. The predicted molar refractivity (Wildman–Crippen MR) is 105 cm³/mol. The first-order chi connectivity index (χ1) is 13.8. The van der Waals surface area contributed by atoms with Crippen LogP contribution in [-0.4, -0.2) is 19.2 Å². The molecule has 0 bridgehead atoms. The maximum atomic E-state index is 13.7. The lowest BCUT2D eigenvalue weighted by molar-refractivity contribution is -0.138. The second kappa shape index (κ2) is 8.43. The van der Waals surface area contributed by atoms with E-state index in [4.69, 9.17) is 15.2 Å². The number of nitrogens with two attached hydrogens (primary N) is 1. The van der Waals surface area contributed by atoms with Crippen molar-refractivity contribution in [2.24, 2.45) is 0 Å². The first-order valence-corrected chi connectivity index (χ1v) is 8.91. The zero-order valence-corrected chi connectivity index (χ0v) is 16.1. The summed E-state index contributed by atoms with van der Waals surface area (Å²) in [7, 11) is 3.09. The Labute approximate surface area is 167 Å². The fourth-order valence-corrected chi connectivity index (χ4v) is 3.15. The molecular weight excluding hydrogens is 381 g/mol. The van der Waals surface area contributed by atoms with Crippen molar-refractivity contribution in [3.8, 4) is 11.5 Å². The molecule has 1 heterocycles. The third-order valence-electron chi connectivity index (χ3n) is 4.72. The molecule has 0 unspecified atom stereocenters. The minimum absolute atomic E-state index is 0.0804. The molecule has 0 spiro atoms. The van der Waals surface area contributed by atoms with Crippen LogP contribution < -0.4 is 15.2 Å². The van der Waals surface area contributed by atoms with Crippen molar-refractivity contribution in [2.45, 2.75) is 19.0 Å². The quantitative estimate of drug-likeness (QED) is 0.638. The van der Waals surface area contributed by atoms with Crippen molar-refractivity contribution in [2.75, 3.05) is 20.0 Å². The number of nitrogens with zero attached hydrogens (tertiary/aromatic N) is 1. The van der Waals surface area contributed by atoms with Crippen LogP contribution in [0, 0.1) is 0 Å². The molecule has 1 aromatic heterocycles. The van der Waals surface area contributed by atoms with Crippen LogP contribution in [0.15, 0.2) is 54.7 Å². The highest BCUT2D eigenvalue weighted by atomic mass is 19.4. The second-order valence-corrected chi connectivity index (χ2v) is 6.56. The number of hydrogen-bond donors (Lipinski definition) is 1. The highest BCUT2D eigenvalue weighted by molar-refractivity contribution is 5.53. The number of hydrogen-bond acceptors (Lipinski definition) is 4. The number of alkyl halides is 3. The molecule has 7 heteroatoms. The van der Waals surface area contributed by atoms with E-state index in [0.29, 0.717) is 17.1 Å². The number of halogens is 3. The van der Waals surface area contributed by atoms with Gasteiger partial charge in [0.15, 0.2) is 0 Å². The lowest BCUT2D eigenvalue weighted by Gasteiger charge is -2.19. The number of ether oxygens (including phenoxy) is 2. The molecule has 0 atom stereocenters. The Morgan fingerprint density at radius 3 is 1.66 bits per heavy atom. The van der Waals surface area contributed by atoms with Crippen LogP contribution >= 0.6 is 0 Å². The van der Waals surface area contributed by atoms with Crippen LogP contribution in [0.3, 0.4) is 0 Å². The van der Waals surface area contributed by atoms with Gasteiger partial charge < -0.3 is 15.2 Å². The van der Waals surface area contributed by atoms with Crippen molar-refractivity contribution < 1.29 is 22.6 Å². The first-order valence-electron chi connectivity index (χ1n) is 8.91. The van der Waals surface area contributed by atoms with Crippen LogP contribution in [0.1, 0.15) is 27.8 Å². The molecule has 0 amide bonds. The van der Waals surface area contributed by atoms with Crippen molar-refractivity contribution in [3.05, 3.63) is 82.5 Å². The normalized spacial score (nSPS) is 11.3. The van der Waals surface area contributed by atoms with Crippen molar-refractivity contribution in [3.63, 3.8) is 0 Å². The van der Waals surface area contributed by atoms with Gasteiger partial charge in [0, 0.05) is 18.2 Å². The highest BCUT2D eigenvalue weighted by Gasteiger charge is 2.35. The fourth-order valence-electron chi connectivity index (χ4n) is 3.15. The summed E-state index contributed by atoms with van der Waals surface area (Å²) in [6, 6.07) is 14.0. The third-order valence-corrected chi connectivity index (χ3v) is 4.72. The van der Waals surface area contributed by atoms with Crippen LogP contribution in [0.25, 0.3) is 0 Å². The lowest BCUT2D eigenvalue weighted by Crippen LogP contribution is -2.15. The molecule has 4 nitrogen and oxygen atoms in total. The van der Waals surface area contributed by atoms with E-state index in [0.717, 1.165) is 17.3 Å². The van der Waals surface area contributed by atoms with Gasteiger partial charge >= 0.3 is 6.18 Å². The number of rotatable bonds is 6. The summed E-state index contributed by atoms with van der Waals surface area (Å²) in [5.41, 5.74) is 7.28. The van der Waals surface area contributed by atoms with E-state index in [1.54, 1.807) is 55.6 Å². The summed E-state index contributed by atoms with van der Waals surface area (Å²) >= 11 is 0. The molecule has 0 saturated carbocycles. The molecule has 0 fully saturated rings. The Hall–Kier alpha value is -3.22. The van der Waals surface area contributed by atoms with Crippen LogP contribution in [-0.2, 0) is 19.0 Å². The number of aromatic nitrogens is 1. The Morgan fingerprint density at radius 1 is 0.793 bits per heavy atom. The van der Waals surface area contributed by atoms with Gasteiger partial charge in [-0.15, -0.1) is 0 Å². The van der Waals surface area contributed by atoms with Crippen LogP contribution in [0.2, 0.25) is 0 Å². The minimum atomic E-state index is -4.53. The van der Waals surface area contributed by atoms with Crippen molar-refractivity contribution >= 4 is 5.82 Å². The van der Waals surface area contributed by atoms with Gasteiger partial charge in [0.2, 0.25) is 0 Å². The Morgan fingerprint density at radius 2 is 1.24 bits per heavy atom. The molecule has 3 rings (SSSR count). The van der Waals surface area contributed by atoms with Gasteiger partial charge in [-0.05, 0) is 47.4 Å². The number of methoxy groups -OCH3 is 2. The van der Waals surface area contributed by atoms with E-state index in [9.17, 15) is 13.2 Å². The first kappa shape index (κ1) is 20.5. The van der Waals surface area contributed by atoms with Gasteiger partial charge in [-0.1, -0.05) is 24.3 Å². The third kappa shape index (κ3) is 4.80. The largest absolute Gasteiger partial charge is 0.497 e. The summed E-state index contributed by atoms with van der Waals surface area (Å²) in [4.78, 5) is 3.82. The number of nitrogen functional groups attached to an aromatic ring is 1. The summed E-state index contributed by atoms with van der Waals surface area (Å²) < 4.78 is 51.4. The molecule has 0 aliphatic heterocycles. The van der Waals surface area contributed by atoms with E-state index in [-0.39, 0.29) is 24.2 Å². The van der Waals surface area contributed by atoms with Gasteiger partial charge in [0.1, 0.15) is 17.3 Å². The van der Waals surface area contributed by atoms with Crippen molar-refractivity contribution in [1.82, 2.24) is 4.98 Å². The molecule has 29 heavy (non-hydrogen) atoms. The molecule has 3 aromatic rings. The van der Waals surface area contributed by atoms with Crippen molar-refractivity contribution in [1.29, 1.82) is 0 Å². The zero-order valence-electron chi connectivity index (χ0n) is 16.1. The topological polar surface area (TPSA) is 57.4 Å². The lowest BCUT2D eigenvalue weighted by atomic mass is 9.92. The number of benzene rings is 2. The molecule has 152 valence electrons. The Balaban J connectivity index is 2.05. The van der Waals surface area contributed by atoms with E-state index < -0.39 is 11.7 Å². The summed E-state index contributed by atoms with van der Waals surface area (Å²) in [6.07, 6.45) is -3.40. The summed E-state index contributed by atoms with van der Waals surface area (Å²) in [5, 5.41) is 0. The maximum absolute atomic E-state index is 13.7. The fraction of sp³-hybridized carbons (Fsp3) is 0.227. The molecule has 0 aliphatic carbocycles. The predicted octanol–water partition coefficient (Wildman–Crippen LogP) is 4.88. The van der Waals surface area contributed by atoms with Gasteiger partial charge in [-0.3, -0.25) is 0 Å². The maximum Gasteiger partial charge on any atom is 0.418 e. The van der Waals surface area contributed by atoms with Gasteiger partial charge in [-0.2, -0.15) is 13.2 Å². The SMILES string of the molecule is COc1ccc(Cc2c(C(F)(F)F)cnc(N)c2Cc2ccc(OC)cc2)cc1. The van der Waals surface area contributed by atoms with E-state index in [1.165, 1.54) is 7.11 Å². The Kier molecular flexibility index (Phi) is 5.96. The Bertz CT molecular complexity index is 969. The second-order valence-electron chi connectivity index (χ2n) is 6.56. The smallest absolute Gasteiger partial charge is 0.418 e. The molecule has 0 aliphatic rings. The molecule has 0 saturated heterocycles. The number of pyridine rings is 1. The van der Waals surface area contributed by atoms with Gasteiger partial charge in [0.25, 0.3) is 0 Å². The van der Waals surface area contributed by atoms with Gasteiger partial charge in [-0.25, -0.2) is 4.98 Å². The van der Waals surface area contributed by atoms with Crippen LogP contribution in [0.4, 0.5) is 19.0 Å².